The van der Waals surface area contributed by atoms with Crippen molar-refractivity contribution in [3.8, 4) is 22.4 Å². The molecule has 0 radical (unpaired) electrons. The Bertz CT molecular complexity index is 1440. The van der Waals surface area contributed by atoms with Crippen LogP contribution < -0.4 is 17.2 Å². The Morgan fingerprint density at radius 3 is 2.35 bits per heavy atom. The summed E-state index contributed by atoms with van der Waals surface area (Å²) >= 11 is 0. The van der Waals surface area contributed by atoms with Gasteiger partial charge in [0.2, 0.25) is 5.91 Å². The fourth-order valence-electron chi connectivity index (χ4n) is 5.27. The van der Waals surface area contributed by atoms with Gasteiger partial charge in [0, 0.05) is 24.6 Å². The predicted molar refractivity (Wildman–Crippen MR) is 152 cm³/mol. The third-order valence-electron chi connectivity index (χ3n) is 7.54. The summed E-state index contributed by atoms with van der Waals surface area (Å²) in [7, 11) is 0. The highest BCUT2D eigenvalue weighted by atomic mass is 16.2. The van der Waals surface area contributed by atoms with Crippen LogP contribution in [-0.2, 0) is 11.2 Å². The van der Waals surface area contributed by atoms with Crippen LogP contribution in [0.2, 0.25) is 0 Å². The van der Waals surface area contributed by atoms with E-state index in [2.05, 4.69) is 53.3 Å². The maximum atomic E-state index is 13.0. The first-order chi connectivity index (χ1) is 17.7. The number of hydrogen-bond acceptors (Lipinski definition) is 5. The number of carbonyl (C=O) groups is 1. The summed E-state index contributed by atoms with van der Waals surface area (Å²) in [6.45, 7) is 6.94. The molecule has 3 atom stereocenters. The summed E-state index contributed by atoms with van der Waals surface area (Å²) in [4.78, 5) is 23.1. The Labute approximate surface area is 218 Å². The minimum atomic E-state index is -0.463. The number of hydrogen-bond donors (Lipinski definition) is 4. The van der Waals surface area contributed by atoms with E-state index >= 15 is 0 Å². The fraction of sp³-hybridized carbons (Fsp3) is 0.333. The molecule has 1 aliphatic heterocycles. The number of fused-ring (bicyclic) bond motifs is 1. The third kappa shape index (κ3) is 5.04. The van der Waals surface area contributed by atoms with Gasteiger partial charge in [0.1, 0.15) is 5.82 Å². The minimum absolute atomic E-state index is 0.0479. The first kappa shape index (κ1) is 24.8. The molecule has 192 valence electrons. The summed E-state index contributed by atoms with van der Waals surface area (Å²) in [6, 6.07) is 18.2. The van der Waals surface area contributed by atoms with Gasteiger partial charge in [-0.1, -0.05) is 51.1 Å². The van der Waals surface area contributed by atoms with Crippen LogP contribution in [0, 0.1) is 11.8 Å². The second-order valence-corrected chi connectivity index (χ2v) is 10.8. The number of nitrogen functional groups attached to an aromatic ring is 2. The van der Waals surface area contributed by atoms with E-state index in [-0.39, 0.29) is 17.9 Å². The number of carbonyl (C=O) groups excluding carboxylic acids is 1. The zero-order valence-corrected chi connectivity index (χ0v) is 21.7. The minimum Gasteiger partial charge on any atom is -0.397 e. The zero-order chi connectivity index (χ0) is 26.3. The van der Waals surface area contributed by atoms with Crippen LogP contribution in [-0.4, -0.2) is 39.4 Å². The number of nitrogens with two attached hydrogens (primary N) is 3. The third-order valence-corrected chi connectivity index (χ3v) is 7.54. The second kappa shape index (κ2) is 9.90. The molecule has 2 heterocycles. The molecule has 1 amide bonds. The fourth-order valence-corrected chi connectivity index (χ4v) is 5.27. The summed E-state index contributed by atoms with van der Waals surface area (Å²) < 4.78 is 0. The van der Waals surface area contributed by atoms with Crippen molar-refractivity contribution in [3.05, 3.63) is 66.6 Å². The van der Waals surface area contributed by atoms with Crippen molar-refractivity contribution in [2.75, 3.05) is 18.0 Å². The molecular formula is C30H36N6O. The first-order valence-corrected chi connectivity index (χ1v) is 13.0. The molecule has 4 aromatic rings. The molecule has 7 N–H and O–H groups in total. The zero-order valence-electron chi connectivity index (χ0n) is 21.7. The quantitative estimate of drug-likeness (QED) is 0.285. The van der Waals surface area contributed by atoms with Crippen molar-refractivity contribution in [1.29, 1.82) is 0 Å². The van der Waals surface area contributed by atoms with E-state index in [0.29, 0.717) is 23.7 Å². The Balaban J connectivity index is 1.34. The molecule has 1 aromatic heterocycles. The number of anilines is 2. The Morgan fingerprint density at radius 1 is 1.00 bits per heavy atom. The predicted octanol–water partition coefficient (Wildman–Crippen LogP) is 4.82. The van der Waals surface area contributed by atoms with Gasteiger partial charge in [-0.2, -0.15) is 0 Å². The number of likely N-dealkylation sites (tertiary alicyclic amines) is 1. The van der Waals surface area contributed by atoms with Crippen molar-refractivity contribution in [1.82, 2.24) is 14.9 Å². The van der Waals surface area contributed by atoms with Crippen molar-refractivity contribution in [2.45, 2.75) is 45.7 Å². The highest BCUT2D eigenvalue weighted by molar-refractivity contribution is 5.91. The second-order valence-electron chi connectivity index (χ2n) is 10.8. The maximum absolute atomic E-state index is 13.0. The van der Waals surface area contributed by atoms with Crippen LogP contribution in [0.25, 0.3) is 33.2 Å². The molecule has 5 rings (SSSR count). The van der Waals surface area contributed by atoms with Crippen molar-refractivity contribution in [2.24, 2.45) is 17.6 Å². The average Bonchev–Trinajstić information content (AvgIpc) is 3.50. The highest BCUT2D eigenvalue weighted by Gasteiger charge is 2.36. The van der Waals surface area contributed by atoms with Crippen LogP contribution in [0.1, 0.15) is 33.0 Å². The molecule has 1 saturated heterocycles. The smallest absolute Gasteiger partial charge is 0.240 e. The lowest BCUT2D eigenvalue weighted by Gasteiger charge is -2.28. The van der Waals surface area contributed by atoms with Crippen LogP contribution in [0.3, 0.4) is 0 Å². The van der Waals surface area contributed by atoms with Crippen molar-refractivity contribution >= 4 is 28.1 Å². The summed E-state index contributed by atoms with van der Waals surface area (Å²) in [5, 5.41) is 2.29. The molecule has 0 saturated carbocycles. The van der Waals surface area contributed by atoms with Crippen LogP contribution in [0.4, 0.5) is 11.4 Å². The summed E-state index contributed by atoms with van der Waals surface area (Å²) in [5.74, 6) is 1.51. The number of amides is 1. The standard InChI is InChI=1S/C30H36N6O/c1-17(2)29(33)30(37)36-16-18(3)10-24(36)14-28-34-15-27(35-28)23-7-6-19-11-20(4-5-21(19)12-23)22-8-9-25(31)26(32)13-22/h4-9,11-13,15,17-18,24,29H,10,14,16,31-33H2,1-3H3,(H,34,35). The number of nitrogens with one attached hydrogen (secondary N) is 1. The molecule has 3 unspecified atom stereocenters. The lowest BCUT2D eigenvalue weighted by Crippen LogP contribution is -2.49. The Kier molecular flexibility index (Phi) is 6.65. The topological polar surface area (TPSA) is 127 Å². The van der Waals surface area contributed by atoms with Gasteiger partial charge in [-0.05, 0) is 64.4 Å². The Hall–Kier alpha value is -3.84. The molecule has 7 heteroatoms. The van der Waals surface area contributed by atoms with E-state index in [1.54, 1.807) is 0 Å². The van der Waals surface area contributed by atoms with Gasteiger partial charge in [0.05, 0.1) is 29.3 Å². The SMILES string of the molecule is CC1CC(Cc2ncc(-c3ccc4cc(-c5ccc(N)c(N)c5)ccc4c3)[nH]2)N(C(=O)C(N)C(C)C)C1. The molecule has 3 aromatic carbocycles. The highest BCUT2D eigenvalue weighted by Crippen LogP contribution is 2.31. The number of H-pyrrole nitrogens is 1. The van der Waals surface area contributed by atoms with Gasteiger partial charge in [0.25, 0.3) is 0 Å². The lowest BCUT2D eigenvalue weighted by molar-refractivity contribution is -0.134. The normalized spacial score (nSPS) is 18.6. The number of rotatable bonds is 6. The van der Waals surface area contributed by atoms with Gasteiger partial charge in [0.15, 0.2) is 0 Å². The van der Waals surface area contributed by atoms with Crippen LogP contribution >= 0.6 is 0 Å². The number of aromatic amines is 1. The van der Waals surface area contributed by atoms with E-state index in [0.717, 1.165) is 51.9 Å². The van der Waals surface area contributed by atoms with Gasteiger partial charge >= 0.3 is 0 Å². The Morgan fingerprint density at radius 2 is 1.65 bits per heavy atom. The van der Waals surface area contributed by atoms with Crippen LogP contribution in [0.15, 0.2) is 60.8 Å². The number of nitrogens with zero attached hydrogens (tertiary/aromatic N) is 2. The molecule has 7 nitrogen and oxygen atoms in total. The summed E-state index contributed by atoms with van der Waals surface area (Å²) in [5.41, 5.74) is 23.4. The van der Waals surface area contributed by atoms with Gasteiger partial charge in [-0.15, -0.1) is 0 Å². The van der Waals surface area contributed by atoms with Gasteiger partial charge < -0.3 is 27.1 Å². The average molecular weight is 497 g/mol. The molecular weight excluding hydrogens is 460 g/mol. The van der Waals surface area contributed by atoms with E-state index in [1.807, 2.05) is 43.1 Å². The van der Waals surface area contributed by atoms with E-state index in [9.17, 15) is 4.79 Å². The van der Waals surface area contributed by atoms with Gasteiger partial charge in [-0.3, -0.25) is 4.79 Å². The van der Waals surface area contributed by atoms with Crippen molar-refractivity contribution in [3.63, 3.8) is 0 Å². The summed E-state index contributed by atoms with van der Waals surface area (Å²) in [6.07, 6.45) is 3.54. The van der Waals surface area contributed by atoms with E-state index in [1.165, 1.54) is 0 Å². The number of benzene rings is 3. The maximum Gasteiger partial charge on any atom is 0.240 e. The van der Waals surface area contributed by atoms with E-state index < -0.39 is 6.04 Å². The molecule has 1 fully saturated rings. The monoisotopic (exact) mass is 496 g/mol. The molecule has 1 aliphatic rings. The number of imidazole rings is 1. The largest absolute Gasteiger partial charge is 0.397 e. The lowest BCUT2D eigenvalue weighted by atomic mass is 9.99. The molecule has 0 spiro atoms. The van der Waals surface area contributed by atoms with Gasteiger partial charge in [-0.25, -0.2) is 4.98 Å². The molecule has 37 heavy (non-hydrogen) atoms. The molecule has 0 bridgehead atoms. The van der Waals surface area contributed by atoms with Crippen LogP contribution in [0.5, 0.6) is 0 Å². The van der Waals surface area contributed by atoms with Crippen molar-refractivity contribution < 1.29 is 4.79 Å². The first-order valence-electron chi connectivity index (χ1n) is 13.0. The number of aromatic nitrogens is 2. The van der Waals surface area contributed by atoms with E-state index in [4.69, 9.17) is 17.2 Å². The molecule has 0 aliphatic carbocycles.